The lowest BCUT2D eigenvalue weighted by atomic mass is 9.86. The normalized spacial score (nSPS) is 20.7. The Morgan fingerprint density at radius 1 is 1.11 bits per heavy atom. The molecule has 0 radical (unpaired) electrons. The average molecular weight is 519 g/mol. The number of halogens is 3. The first-order valence-corrected chi connectivity index (χ1v) is 12.9. The van der Waals surface area contributed by atoms with E-state index in [0.29, 0.717) is 16.0 Å². The molecule has 5 rings (SSSR count). The van der Waals surface area contributed by atoms with E-state index in [-0.39, 0.29) is 16.3 Å². The highest BCUT2D eigenvalue weighted by molar-refractivity contribution is 7.18. The summed E-state index contributed by atoms with van der Waals surface area (Å²) in [4.78, 5) is 25.7. The smallest absolute Gasteiger partial charge is 0.393 e. The molecule has 1 atom stereocenters. The number of hydrogen-bond acceptors (Lipinski definition) is 7. The van der Waals surface area contributed by atoms with Crippen molar-refractivity contribution in [3.05, 3.63) is 46.1 Å². The molecule has 0 aliphatic carbocycles. The average Bonchev–Trinajstić information content (AvgIpc) is 3.48. The van der Waals surface area contributed by atoms with Crippen LogP contribution in [0.5, 0.6) is 5.75 Å². The van der Waals surface area contributed by atoms with Gasteiger partial charge in [-0.05, 0) is 56.0 Å². The van der Waals surface area contributed by atoms with Crippen LogP contribution in [0.4, 0.5) is 19.0 Å². The third kappa shape index (κ3) is 5.20. The molecule has 0 N–H and O–H groups in total. The Bertz CT molecular complexity index is 1290. The second kappa shape index (κ2) is 9.30. The lowest BCUT2D eigenvalue weighted by Crippen LogP contribution is -2.31. The number of carbonyl (C=O) groups is 1. The third-order valence-electron chi connectivity index (χ3n) is 7.16. The van der Waals surface area contributed by atoms with Gasteiger partial charge >= 0.3 is 12.1 Å². The van der Waals surface area contributed by atoms with Gasteiger partial charge in [0.05, 0.1) is 11.8 Å². The van der Waals surface area contributed by atoms with E-state index in [0.717, 1.165) is 73.8 Å². The van der Waals surface area contributed by atoms with Crippen molar-refractivity contribution in [2.24, 2.45) is 5.41 Å². The lowest BCUT2D eigenvalue weighted by molar-refractivity contribution is -0.132. The number of aryl methyl sites for hydroxylation is 2. The number of alkyl halides is 3. The Morgan fingerprint density at radius 2 is 1.83 bits per heavy atom. The highest BCUT2D eigenvalue weighted by Crippen LogP contribution is 2.43. The summed E-state index contributed by atoms with van der Waals surface area (Å²) in [6.45, 7) is 9.78. The Morgan fingerprint density at radius 3 is 2.53 bits per heavy atom. The van der Waals surface area contributed by atoms with Crippen molar-refractivity contribution >= 4 is 33.3 Å². The van der Waals surface area contributed by atoms with Crippen molar-refractivity contribution < 1.29 is 22.7 Å². The van der Waals surface area contributed by atoms with Gasteiger partial charge in [0.1, 0.15) is 22.7 Å². The summed E-state index contributed by atoms with van der Waals surface area (Å²) in [5, 5.41) is 0.715. The second-order valence-corrected chi connectivity index (χ2v) is 11.3. The minimum absolute atomic E-state index is 0.143. The number of ether oxygens (including phenoxy) is 1. The van der Waals surface area contributed by atoms with Crippen molar-refractivity contribution in [1.29, 1.82) is 0 Å². The quantitative estimate of drug-likeness (QED) is 0.331. The van der Waals surface area contributed by atoms with Gasteiger partial charge < -0.3 is 9.64 Å². The maximum atomic E-state index is 12.9. The molecule has 1 spiro atoms. The van der Waals surface area contributed by atoms with E-state index in [1.165, 1.54) is 18.8 Å². The zero-order chi connectivity index (χ0) is 25.7. The fourth-order valence-corrected chi connectivity index (χ4v) is 6.76. The topological polar surface area (TPSA) is 58.6 Å². The number of anilines is 1. The second-order valence-electron chi connectivity index (χ2n) is 10.2. The van der Waals surface area contributed by atoms with Gasteiger partial charge in [0, 0.05) is 43.4 Å². The Balaban J connectivity index is 1.28. The standard InChI is InChI=1S/C26H29F3N4O2S/c1-16-8-19(9-17(2)22(16)35-18(3)34)12-32-6-4-25(13-32)5-7-33(14-25)23-21-10-20(11-26(27,28)29)36-24(21)31-15-30-23/h8-10,15H,4-7,11-14H2,1-3H3. The fourth-order valence-electron chi connectivity index (χ4n) is 5.74. The summed E-state index contributed by atoms with van der Waals surface area (Å²) in [7, 11) is 0. The number of hydrogen-bond donors (Lipinski definition) is 0. The molecule has 0 saturated carbocycles. The molecule has 2 aliphatic rings. The van der Waals surface area contributed by atoms with Crippen molar-refractivity contribution in [1.82, 2.24) is 14.9 Å². The van der Waals surface area contributed by atoms with Crippen LogP contribution in [-0.4, -0.2) is 53.2 Å². The summed E-state index contributed by atoms with van der Waals surface area (Å²) in [6.07, 6.45) is -1.62. The maximum absolute atomic E-state index is 12.9. The molecule has 2 fully saturated rings. The van der Waals surface area contributed by atoms with Gasteiger partial charge in [-0.1, -0.05) is 12.1 Å². The zero-order valence-electron chi connectivity index (χ0n) is 20.6. The first kappa shape index (κ1) is 25.0. The van der Waals surface area contributed by atoms with Crippen LogP contribution < -0.4 is 9.64 Å². The van der Waals surface area contributed by atoms with Crippen molar-refractivity contribution in [2.75, 3.05) is 31.1 Å². The molecule has 0 amide bonds. The van der Waals surface area contributed by atoms with Crippen molar-refractivity contribution in [3.8, 4) is 5.75 Å². The molecule has 2 saturated heterocycles. The number of likely N-dealkylation sites (tertiary alicyclic amines) is 1. The molecule has 36 heavy (non-hydrogen) atoms. The molecule has 192 valence electrons. The van der Waals surface area contributed by atoms with Gasteiger partial charge in [-0.15, -0.1) is 11.3 Å². The number of esters is 1. The van der Waals surface area contributed by atoms with E-state index in [1.54, 1.807) is 6.07 Å². The summed E-state index contributed by atoms with van der Waals surface area (Å²) < 4.78 is 44.1. The molecule has 0 bridgehead atoms. The van der Waals surface area contributed by atoms with Crippen LogP contribution in [-0.2, 0) is 17.8 Å². The van der Waals surface area contributed by atoms with Crippen LogP contribution in [0.15, 0.2) is 24.5 Å². The first-order valence-electron chi connectivity index (χ1n) is 12.1. The number of carbonyl (C=O) groups excluding carboxylic acids is 1. The minimum atomic E-state index is -4.24. The van der Waals surface area contributed by atoms with E-state index in [9.17, 15) is 18.0 Å². The van der Waals surface area contributed by atoms with E-state index in [2.05, 4.69) is 31.9 Å². The predicted molar refractivity (Wildman–Crippen MR) is 134 cm³/mol. The molecule has 1 aromatic carbocycles. The van der Waals surface area contributed by atoms with E-state index in [4.69, 9.17) is 4.74 Å². The largest absolute Gasteiger partial charge is 0.426 e. The van der Waals surface area contributed by atoms with Crippen molar-refractivity contribution in [2.45, 2.75) is 52.8 Å². The molecule has 10 heteroatoms. The predicted octanol–water partition coefficient (Wildman–Crippen LogP) is 5.44. The van der Waals surface area contributed by atoms with Crippen LogP contribution in [0.1, 0.15) is 41.3 Å². The number of rotatable bonds is 5. The number of thiophene rings is 1. The molecular weight excluding hydrogens is 489 g/mol. The van der Waals surface area contributed by atoms with Gasteiger partial charge in [0.15, 0.2) is 0 Å². The lowest BCUT2D eigenvalue weighted by Gasteiger charge is -2.25. The van der Waals surface area contributed by atoms with Gasteiger partial charge in [0.2, 0.25) is 0 Å². The van der Waals surface area contributed by atoms with E-state index >= 15 is 0 Å². The highest BCUT2D eigenvalue weighted by Gasteiger charge is 2.44. The van der Waals surface area contributed by atoms with Gasteiger partial charge in [0.25, 0.3) is 0 Å². The molecule has 1 unspecified atom stereocenters. The zero-order valence-corrected chi connectivity index (χ0v) is 21.4. The molecule has 6 nitrogen and oxygen atoms in total. The molecule has 4 heterocycles. The monoisotopic (exact) mass is 518 g/mol. The van der Waals surface area contributed by atoms with Gasteiger partial charge in [-0.3, -0.25) is 9.69 Å². The summed E-state index contributed by atoms with van der Waals surface area (Å²) in [5.41, 5.74) is 3.24. The summed E-state index contributed by atoms with van der Waals surface area (Å²) in [6, 6.07) is 5.78. The first-order chi connectivity index (χ1) is 17.0. The SMILES string of the molecule is CC(=O)Oc1c(C)cc(CN2CCC3(CCN(c4ncnc5sc(CC(F)(F)F)cc45)C3)C2)cc1C. The van der Waals surface area contributed by atoms with Crippen LogP contribution in [0.2, 0.25) is 0 Å². The Kier molecular flexibility index (Phi) is 6.45. The molecule has 2 aromatic heterocycles. The van der Waals surface area contributed by atoms with Crippen LogP contribution in [0.3, 0.4) is 0 Å². The van der Waals surface area contributed by atoms with Crippen LogP contribution in [0, 0.1) is 19.3 Å². The van der Waals surface area contributed by atoms with Gasteiger partial charge in [-0.2, -0.15) is 13.2 Å². The van der Waals surface area contributed by atoms with E-state index in [1.807, 2.05) is 13.8 Å². The van der Waals surface area contributed by atoms with E-state index < -0.39 is 12.6 Å². The third-order valence-corrected chi connectivity index (χ3v) is 8.20. The van der Waals surface area contributed by atoms with Crippen LogP contribution >= 0.6 is 11.3 Å². The Hall–Kier alpha value is -2.72. The number of nitrogens with zero attached hydrogens (tertiary/aromatic N) is 4. The highest BCUT2D eigenvalue weighted by atomic mass is 32.1. The molecule has 2 aliphatic heterocycles. The molecular formula is C26H29F3N4O2S. The van der Waals surface area contributed by atoms with Crippen LogP contribution in [0.25, 0.3) is 10.2 Å². The fraction of sp³-hybridized carbons (Fsp3) is 0.500. The molecule has 3 aromatic rings. The maximum Gasteiger partial charge on any atom is 0.393 e. The number of benzene rings is 1. The number of fused-ring (bicyclic) bond motifs is 1. The minimum Gasteiger partial charge on any atom is -0.426 e. The van der Waals surface area contributed by atoms with Gasteiger partial charge in [-0.25, -0.2) is 9.97 Å². The van der Waals surface area contributed by atoms with Crippen molar-refractivity contribution in [3.63, 3.8) is 0 Å². The summed E-state index contributed by atoms with van der Waals surface area (Å²) in [5.74, 6) is 1.06. The number of aromatic nitrogens is 2. The summed E-state index contributed by atoms with van der Waals surface area (Å²) >= 11 is 1.10. The Labute approximate surface area is 212 Å².